The molecule has 1 fully saturated rings. The number of hydrogen-bond acceptors (Lipinski definition) is 3. The third-order valence-electron chi connectivity index (χ3n) is 6.71. The number of rotatable bonds is 2. The number of phenols is 1. The highest BCUT2D eigenvalue weighted by Gasteiger charge is 2.56. The highest BCUT2D eigenvalue weighted by atomic mass is 16.3. The summed E-state index contributed by atoms with van der Waals surface area (Å²) in [5.41, 5.74) is 3.96. The van der Waals surface area contributed by atoms with Gasteiger partial charge in [-0.15, -0.1) is 0 Å². The minimum absolute atomic E-state index is 0.0507. The second-order valence-corrected chi connectivity index (χ2v) is 7.92. The first kappa shape index (κ1) is 14.8. The van der Waals surface area contributed by atoms with Crippen molar-refractivity contribution in [1.82, 2.24) is 4.90 Å². The Labute approximate surface area is 137 Å². The van der Waals surface area contributed by atoms with Crippen LogP contribution in [-0.4, -0.2) is 22.6 Å². The molecule has 0 amide bonds. The molecule has 4 rings (SSSR count). The van der Waals surface area contributed by atoms with Crippen molar-refractivity contribution in [2.45, 2.75) is 51.6 Å². The van der Waals surface area contributed by atoms with Gasteiger partial charge < -0.3 is 9.52 Å². The zero-order valence-electron chi connectivity index (χ0n) is 14.2. The summed E-state index contributed by atoms with van der Waals surface area (Å²) in [7, 11) is 0. The van der Waals surface area contributed by atoms with E-state index in [9.17, 15) is 5.11 Å². The Morgan fingerprint density at radius 2 is 2.09 bits per heavy atom. The van der Waals surface area contributed by atoms with Crippen molar-refractivity contribution < 1.29 is 9.52 Å². The van der Waals surface area contributed by atoms with Crippen molar-refractivity contribution in [2.75, 3.05) is 6.54 Å². The predicted molar refractivity (Wildman–Crippen MR) is 90.5 cm³/mol. The average Bonchev–Trinajstić information content (AvgIpc) is 3.12. The van der Waals surface area contributed by atoms with Gasteiger partial charge in [-0.2, -0.15) is 0 Å². The highest BCUT2D eigenvalue weighted by Crippen LogP contribution is 2.57. The molecule has 2 atom stereocenters. The lowest BCUT2D eigenvalue weighted by molar-refractivity contribution is 0.0758. The van der Waals surface area contributed by atoms with Crippen LogP contribution in [0.2, 0.25) is 0 Å². The number of furan rings is 1. The van der Waals surface area contributed by atoms with Crippen LogP contribution in [0.5, 0.6) is 5.75 Å². The van der Waals surface area contributed by atoms with Gasteiger partial charge >= 0.3 is 0 Å². The van der Waals surface area contributed by atoms with E-state index in [-0.39, 0.29) is 10.8 Å². The molecule has 0 bridgehead atoms. The van der Waals surface area contributed by atoms with Gasteiger partial charge in [-0.3, -0.25) is 4.90 Å². The number of aromatic hydroxyl groups is 1. The first-order chi connectivity index (χ1) is 10.9. The van der Waals surface area contributed by atoms with Gasteiger partial charge in [0.25, 0.3) is 0 Å². The van der Waals surface area contributed by atoms with Crippen LogP contribution in [0.1, 0.15) is 43.9 Å². The Hall–Kier alpha value is -1.74. The van der Waals surface area contributed by atoms with Gasteiger partial charge in [0, 0.05) is 18.2 Å². The maximum Gasteiger partial charge on any atom is 0.119 e. The number of phenolic OH excluding ortho intramolecular Hbond substituents is 1. The summed E-state index contributed by atoms with van der Waals surface area (Å²) in [6.45, 7) is 9.15. The summed E-state index contributed by atoms with van der Waals surface area (Å²) in [6.07, 6.45) is 5.71. The molecule has 122 valence electrons. The zero-order valence-corrected chi connectivity index (χ0v) is 14.2. The number of likely N-dealkylation sites (tertiary alicyclic amines) is 1. The van der Waals surface area contributed by atoms with Gasteiger partial charge in [0.2, 0.25) is 0 Å². The molecule has 1 saturated heterocycles. The number of fused-ring (bicyclic) bond motifs is 2. The highest BCUT2D eigenvalue weighted by molar-refractivity contribution is 5.48. The van der Waals surface area contributed by atoms with Crippen LogP contribution in [0.3, 0.4) is 0 Å². The molecule has 0 spiro atoms. The Kier molecular flexibility index (Phi) is 3.14. The fourth-order valence-electron chi connectivity index (χ4n) is 4.87. The van der Waals surface area contributed by atoms with E-state index in [4.69, 9.17) is 4.42 Å². The van der Waals surface area contributed by atoms with E-state index in [1.165, 1.54) is 17.5 Å². The molecule has 2 heterocycles. The predicted octanol–water partition coefficient (Wildman–Crippen LogP) is 4.10. The fourth-order valence-corrected chi connectivity index (χ4v) is 4.87. The number of nitrogens with zero attached hydrogens (tertiary/aromatic N) is 1. The molecular formula is C20H25NO2. The third kappa shape index (κ3) is 1.99. The number of benzene rings is 1. The first-order valence-electron chi connectivity index (χ1n) is 8.50. The molecule has 1 aliphatic heterocycles. The van der Waals surface area contributed by atoms with E-state index in [0.29, 0.717) is 11.8 Å². The maximum atomic E-state index is 10.4. The van der Waals surface area contributed by atoms with Gasteiger partial charge in [0.15, 0.2) is 0 Å². The lowest BCUT2D eigenvalue weighted by Crippen LogP contribution is -2.53. The second-order valence-electron chi connectivity index (χ2n) is 7.92. The molecule has 1 aromatic heterocycles. The van der Waals surface area contributed by atoms with Gasteiger partial charge in [0.05, 0.1) is 12.5 Å². The topological polar surface area (TPSA) is 36.6 Å². The molecular weight excluding hydrogens is 286 g/mol. The van der Waals surface area contributed by atoms with Crippen molar-refractivity contribution in [3.8, 4) is 5.75 Å². The summed E-state index contributed by atoms with van der Waals surface area (Å²) in [5, 5.41) is 10.4. The molecule has 0 unspecified atom stereocenters. The standard InChI is InChI=1S/C20H25NO2/c1-19(2)16-5-4-6-17(22)15(16)11-18-20(19,3)8-9-21(18)12-14-7-10-23-13-14/h4-7,10,13,18,22H,8-9,11-12H2,1-3H3/t18-,20+/m0/s1. The van der Waals surface area contributed by atoms with E-state index >= 15 is 0 Å². The summed E-state index contributed by atoms with van der Waals surface area (Å²) >= 11 is 0. The molecule has 1 N–H and O–H groups in total. The molecule has 2 aromatic rings. The van der Waals surface area contributed by atoms with E-state index < -0.39 is 0 Å². The van der Waals surface area contributed by atoms with Crippen LogP contribution in [0.15, 0.2) is 41.2 Å². The molecule has 3 nitrogen and oxygen atoms in total. The van der Waals surface area contributed by atoms with Crippen LogP contribution >= 0.6 is 0 Å². The van der Waals surface area contributed by atoms with Gasteiger partial charge in [-0.25, -0.2) is 0 Å². The van der Waals surface area contributed by atoms with Gasteiger partial charge in [-0.05, 0) is 53.5 Å². The summed E-state index contributed by atoms with van der Waals surface area (Å²) in [5.74, 6) is 0.452. The van der Waals surface area contributed by atoms with Crippen molar-refractivity contribution >= 4 is 0 Å². The van der Waals surface area contributed by atoms with Crippen molar-refractivity contribution in [3.63, 3.8) is 0 Å². The molecule has 1 aromatic carbocycles. The average molecular weight is 311 g/mol. The SMILES string of the molecule is CC1(C)c2cccc(O)c2C[C@@H]2N(Cc3ccoc3)CC[C@]21C. The maximum absolute atomic E-state index is 10.4. The fraction of sp³-hybridized carbons (Fsp3) is 0.500. The van der Waals surface area contributed by atoms with E-state index in [2.05, 4.69) is 37.8 Å². The minimum atomic E-state index is 0.0507. The first-order valence-corrected chi connectivity index (χ1v) is 8.50. The lowest BCUT2D eigenvalue weighted by atomic mass is 9.54. The monoisotopic (exact) mass is 311 g/mol. The van der Waals surface area contributed by atoms with E-state index in [1.807, 2.05) is 18.4 Å². The molecule has 3 heteroatoms. The van der Waals surface area contributed by atoms with Crippen LogP contribution < -0.4 is 0 Å². The van der Waals surface area contributed by atoms with Crippen molar-refractivity contribution in [1.29, 1.82) is 0 Å². The van der Waals surface area contributed by atoms with E-state index in [0.717, 1.165) is 25.1 Å². The Morgan fingerprint density at radius 3 is 2.83 bits per heavy atom. The smallest absolute Gasteiger partial charge is 0.119 e. The number of hydrogen-bond donors (Lipinski definition) is 1. The van der Waals surface area contributed by atoms with Crippen LogP contribution in [0.25, 0.3) is 0 Å². The zero-order chi connectivity index (χ0) is 16.2. The quantitative estimate of drug-likeness (QED) is 0.907. The summed E-state index contributed by atoms with van der Waals surface area (Å²) < 4.78 is 5.24. The summed E-state index contributed by atoms with van der Waals surface area (Å²) in [6, 6.07) is 8.52. The lowest BCUT2D eigenvalue weighted by Gasteiger charge is -2.52. The molecule has 0 saturated carbocycles. The van der Waals surface area contributed by atoms with Crippen LogP contribution in [0.4, 0.5) is 0 Å². The molecule has 23 heavy (non-hydrogen) atoms. The van der Waals surface area contributed by atoms with Crippen LogP contribution in [0, 0.1) is 5.41 Å². The third-order valence-corrected chi connectivity index (χ3v) is 6.71. The Morgan fingerprint density at radius 1 is 1.26 bits per heavy atom. The van der Waals surface area contributed by atoms with Crippen molar-refractivity contribution in [3.05, 3.63) is 53.5 Å². The summed E-state index contributed by atoms with van der Waals surface area (Å²) in [4.78, 5) is 2.57. The van der Waals surface area contributed by atoms with E-state index in [1.54, 1.807) is 6.26 Å². The Bertz CT molecular complexity index is 719. The largest absolute Gasteiger partial charge is 0.508 e. The molecule has 0 radical (unpaired) electrons. The normalized spacial score (nSPS) is 29.3. The Balaban J connectivity index is 1.75. The van der Waals surface area contributed by atoms with Crippen molar-refractivity contribution in [2.24, 2.45) is 5.41 Å². The van der Waals surface area contributed by atoms with Gasteiger partial charge in [0.1, 0.15) is 5.75 Å². The van der Waals surface area contributed by atoms with Crippen LogP contribution in [-0.2, 0) is 18.4 Å². The molecule has 2 aliphatic rings. The second kappa shape index (κ2) is 4.88. The molecule has 1 aliphatic carbocycles. The van der Waals surface area contributed by atoms with Gasteiger partial charge in [-0.1, -0.05) is 32.9 Å². The minimum Gasteiger partial charge on any atom is -0.508 e.